The topological polar surface area (TPSA) is 81.7 Å². The monoisotopic (exact) mass is 361 g/mol. The first kappa shape index (κ1) is 17.3. The van der Waals surface area contributed by atoms with Gasteiger partial charge in [-0.25, -0.2) is 8.42 Å². The molecule has 0 spiro atoms. The first-order valence-corrected chi connectivity index (χ1v) is 9.32. The van der Waals surface area contributed by atoms with Gasteiger partial charge in [-0.2, -0.15) is 0 Å². The van der Waals surface area contributed by atoms with E-state index < -0.39 is 10.0 Å². The van der Waals surface area contributed by atoms with Crippen LogP contribution in [0, 0.1) is 5.92 Å². The molecular weight excluding hydrogens is 342 g/mol. The zero-order chi connectivity index (χ0) is 18.0. The van der Waals surface area contributed by atoms with Gasteiger partial charge in [0.15, 0.2) is 5.78 Å². The van der Waals surface area contributed by atoms with Crippen LogP contribution < -0.4 is 14.2 Å². The third-order valence-corrected chi connectivity index (χ3v) is 5.43. The van der Waals surface area contributed by atoms with Gasteiger partial charge in [0, 0.05) is 23.2 Å². The Labute approximate surface area is 146 Å². The Balaban J connectivity index is 1.85. The first-order valence-electron chi connectivity index (χ1n) is 7.84. The lowest BCUT2D eigenvalue weighted by atomic mass is 10.1. The predicted molar refractivity (Wildman–Crippen MR) is 93.9 cm³/mol. The number of Topliss-reactive ketones (excluding diaryl/α,β-unsaturated/α-hetero) is 1. The second-order valence-electron chi connectivity index (χ2n) is 5.84. The lowest BCUT2D eigenvalue weighted by Crippen LogP contribution is -2.14. The number of ketones is 1. The van der Waals surface area contributed by atoms with E-state index in [4.69, 9.17) is 9.47 Å². The summed E-state index contributed by atoms with van der Waals surface area (Å²) in [6.07, 6.45) is 1.87. The number of hydrogen-bond donors (Lipinski definition) is 1. The molecule has 3 rings (SSSR count). The molecule has 2 aromatic carbocycles. The number of nitrogens with one attached hydrogen (secondary N) is 1. The molecular formula is C18H19NO5S. The van der Waals surface area contributed by atoms with E-state index in [-0.39, 0.29) is 22.3 Å². The van der Waals surface area contributed by atoms with Gasteiger partial charge in [0.1, 0.15) is 16.4 Å². The highest BCUT2D eigenvalue weighted by molar-refractivity contribution is 7.92. The number of carbonyl (C=O) groups is 1. The summed E-state index contributed by atoms with van der Waals surface area (Å²) < 4.78 is 38.1. The van der Waals surface area contributed by atoms with Crippen LogP contribution in [0.5, 0.6) is 11.5 Å². The molecule has 1 saturated carbocycles. The Kier molecular flexibility index (Phi) is 4.67. The Morgan fingerprint density at radius 2 is 1.72 bits per heavy atom. The molecule has 0 atom stereocenters. The van der Waals surface area contributed by atoms with Crippen molar-refractivity contribution in [3.05, 3.63) is 48.0 Å². The van der Waals surface area contributed by atoms with Gasteiger partial charge in [-0.15, -0.1) is 0 Å². The van der Waals surface area contributed by atoms with Crippen LogP contribution in [0.15, 0.2) is 47.4 Å². The number of anilines is 1. The first-order chi connectivity index (χ1) is 11.9. The molecule has 1 aliphatic carbocycles. The largest absolute Gasteiger partial charge is 0.497 e. The standard InChI is InChI=1S/C18H19NO5S/c1-23-15-9-10-16(24-2)17(11-15)25(21,22)19-14-7-5-13(6-8-14)18(20)12-3-4-12/h5-12,19H,3-4H2,1-2H3. The van der Waals surface area contributed by atoms with E-state index in [1.807, 2.05) is 0 Å². The van der Waals surface area contributed by atoms with Gasteiger partial charge in [0.05, 0.1) is 14.2 Å². The van der Waals surface area contributed by atoms with Gasteiger partial charge in [-0.1, -0.05) is 0 Å². The minimum absolute atomic E-state index is 0.0208. The van der Waals surface area contributed by atoms with E-state index in [9.17, 15) is 13.2 Å². The molecule has 1 N–H and O–H groups in total. The average Bonchev–Trinajstić information content (AvgIpc) is 3.46. The highest BCUT2D eigenvalue weighted by Crippen LogP contribution is 2.33. The van der Waals surface area contributed by atoms with Crippen molar-refractivity contribution in [2.75, 3.05) is 18.9 Å². The third kappa shape index (κ3) is 3.76. The van der Waals surface area contributed by atoms with Crippen LogP contribution in [-0.4, -0.2) is 28.4 Å². The van der Waals surface area contributed by atoms with Gasteiger partial charge in [0.2, 0.25) is 0 Å². The molecule has 132 valence electrons. The van der Waals surface area contributed by atoms with Gasteiger partial charge >= 0.3 is 0 Å². The summed E-state index contributed by atoms with van der Waals surface area (Å²) in [5, 5.41) is 0. The van der Waals surface area contributed by atoms with Crippen LogP contribution in [0.3, 0.4) is 0 Å². The lowest BCUT2D eigenvalue weighted by Gasteiger charge is -2.13. The normalized spacial score (nSPS) is 14.0. The molecule has 1 aliphatic rings. The SMILES string of the molecule is COc1ccc(OC)c(S(=O)(=O)Nc2ccc(C(=O)C3CC3)cc2)c1. The molecule has 25 heavy (non-hydrogen) atoms. The van der Waals surface area contributed by atoms with Gasteiger partial charge in [0.25, 0.3) is 10.0 Å². The molecule has 6 nitrogen and oxygen atoms in total. The summed E-state index contributed by atoms with van der Waals surface area (Å²) in [5.74, 6) is 0.868. The van der Waals surface area contributed by atoms with E-state index in [1.165, 1.54) is 26.4 Å². The smallest absolute Gasteiger partial charge is 0.265 e. The van der Waals surface area contributed by atoms with E-state index >= 15 is 0 Å². The maximum absolute atomic E-state index is 12.7. The average molecular weight is 361 g/mol. The number of benzene rings is 2. The van der Waals surface area contributed by atoms with Crippen LogP contribution in [0.4, 0.5) is 5.69 Å². The lowest BCUT2D eigenvalue weighted by molar-refractivity contribution is 0.0967. The van der Waals surface area contributed by atoms with E-state index in [0.29, 0.717) is 17.0 Å². The molecule has 1 fully saturated rings. The predicted octanol–water partition coefficient (Wildman–Crippen LogP) is 3.10. The molecule has 7 heteroatoms. The van der Waals surface area contributed by atoms with E-state index in [2.05, 4.69) is 4.72 Å². The number of ether oxygens (including phenoxy) is 2. The van der Waals surface area contributed by atoms with Crippen molar-refractivity contribution in [3.8, 4) is 11.5 Å². The van der Waals surface area contributed by atoms with Crippen molar-refractivity contribution >= 4 is 21.5 Å². The second kappa shape index (κ2) is 6.76. The number of carbonyl (C=O) groups excluding carboxylic acids is 1. The third-order valence-electron chi connectivity index (χ3n) is 4.03. The Morgan fingerprint density at radius 3 is 2.28 bits per heavy atom. The van der Waals surface area contributed by atoms with Crippen molar-refractivity contribution in [2.24, 2.45) is 5.92 Å². The number of hydrogen-bond acceptors (Lipinski definition) is 5. The number of methoxy groups -OCH3 is 2. The summed E-state index contributed by atoms with van der Waals surface area (Å²) in [6, 6.07) is 11.0. The molecule has 0 amide bonds. The Hall–Kier alpha value is -2.54. The summed E-state index contributed by atoms with van der Waals surface area (Å²) in [6.45, 7) is 0. The summed E-state index contributed by atoms with van der Waals surface area (Å²) in [7, 11) is -1.00. The van der Waals surface area contributed by atoms with Crippen LogP contribution in [-0.2, 0) is 10.0 Å². The quantitative estimate of drug-likeness (QED) is 0.767. The van der Waals surface area contributed by atoms with Gasteiger partial charge in [-0.05, 0) is 49.2 Å². The zero-order valence-electron chi connectivity index (χ0n) is 14.0. The summed E-state index contributed by atoms with van der Waals surface area (Å²) >= 11 is 0. The minimum Gasteiger partial charge on any atom is -0.497 e. The fourth-order valence-corrected chi connectivity index (χ4v) is 3.73. The molecule has 0 heterocycles. The zero-order valence-corrected chi connectivity index (χ0v) is 14.8. The molecule has 0 radical (unpaired) electrons. The van der Waals surface area contributed by atoms with Crippen LogP contribution >= 0.6 is 0 Å². The van der Waals surface area contributed by atoms with Crippen LogP contribution in [0.2, 0.25) is 0 Å². The van der Waals surface area contributed by atoms with E-state index in [1.54, 1.807) is 30.3 Å². The molecule has 0 unspecified atom stereocenters. The molecule has 2 aromatic rings. The summed E-state index contributed by atoms with van der Waals surface area (Å²) in [5.41, 5.74) is 0.974. The number of sulfonamides is 1. The highest BCUT2D eigenvalue weighted by Gasteiger charge is 2.30. The Morgan fingerprint density at radius 1 is 1.04 bits per heavy atom. The van der Waals surface area contributed by atoms with Crippen LogP contribution in [0.25, 0.3) is 0 Å². The maximum atomic E-state index is 12.7. The highest BCUT2D eigenvalue weighted by atomic mass is 32.2. The minimum atomic E-state index is -3.87. The van der Waals surface area contributed by atoms with Gasteiger partial charge in [-0.3, -0.25) is 9.52 Å². The van der Waals surface area contributed by atoms with Crippen molar-refractivity contribution in [1.82, 2.24) is 0 Å². The van der Waals surface area contributed by atoms with Crippen molar-refractivity contribution in [3.63, 3.8) is 0 Å². The fourth-order valence-electron chi connectivity index (χ4n) is 2.49. The fraction of sp³-hybridized carbons (Fsp3) is 0.278. The van der Waals surface area contributed by atoms with Gasteiger partial charge < -0.3 is 9.47 Å². The van der Waals surface area contributed by atoms with Crippen LogP contribution in [0.1, 0.15) is 23.2 Å². The molecule has 0 bridgehead atoms. The second-order valence-corrected chi connectivity index (χ2v) is 7.49. The summed E-state index contributed by atoms with van der Waals surface area (Å²) in [4.78, 5) is 12.0. The molecule has 0 saturated heterocycles. The van der Waals surface area contributed by atoms with Crippen molar-refractivity contribution in [1.29, 1.82) is 0 Å². The maximum Gasteiger partial charge on any atom is 0.265 e. The molecule has 0 aliphatic heterocycles. The molecule has 0 aromatic heterocycles. The van der Waals surface area contributed by atoms with Crippen molar-refractivity contribution < 1.29 is 22.7 Å². The van der Waals surface area contributed by atoms with E-state index in [0.717, 1.165) is 12.8 Å². The van der Waals surface area contributed by atoms with Crippen molar-refractivity contribution in [2.45, 2.75) is 17.7 Å². The Bertz CT molecular complexity index is 886. The number of rotatable bonds is 7.